The fraction of sp³-hybridized carbons (Fsp3) is 0.407. The van der Waals surface area contributed by atoms with Gasteiger partial charge in [0.05, 0.1) is 40.9 Å². The molecule has 4 aliphatic rings. The summed E-state index contributed by atoms with van der Waals surface area (Å²) in [5.74, 6) is 1.76. The number of rotatable bonds is 4. The lowest BCUT2D eigenvalue weighted by Gasteiger charge is -2.61. The molecular weight excluding hydrogens is 424 g/mol. The van der Waals surface area contributed by atoms with Crippen molar-refractivity contribution >= 4 is 10.9 Å². The fourth-order valence-corrected chi connectivity index (χ4v) is 6.13. The summed E-state index contributed by atoms with van der Waals surface area (Å²) in [7, 11) is 0. The Labute approximate surface area is 198 Å². The SMILES string of the molecule is Cc1cc2cnn(-c3cnn(C45CC(C4)C5)c3)c2cc1O[C@H]1CCCc2c1ncc(C#N)c2C. The average Bonchev–Trinajstić information content (AvgIpc) is 3.40. The predicted octanol–water partition coefficient (Wildman–Crippen LogP) is 5.07. The second kappa shape index (κ2) is 6.92. The van der Waals surface area contributed by atoms with E-state index in [1.54, 1.807) is 6.20 Å². The van der Waals surface area contributed by atoms with E-state index < -0.39 is 0 Å². The van der Waals surface area contributed by atoms with Gasteiger partial charge in [0.25, 0.3) is 0 Å². The van der Waals surface area contributed by atoms with Gasteiger partial charge in [0.15, 0.2) is 0 Å². The van der Waals surface area contributed by atoms with Crippen molar-refractivity contribution in [2.24, 2.45) is 5.92 Å². The third-order valence-electron chi connectivity index (χ3n) is 8.26. The second-order valence-electron chi connectivity index (χ2n) is 10.3. The van der Waals surface area contributed by atoms with Crippen molar-refractivity contribution in [1.29, 1.82) is 5.26 Å². The van der Waals surface area contributed by atoms with Crippen LogP contribution in [0.4, 0.5) is 0 Å². The Balaban J connectivity index is 1.24. The van der Waals surface area contributed by atoms with Crippen molar-refractivity contribution < 1.29 is 4.74 Å². The molecule has 3 heterocycles. The van der Waals surface area contributed by atoms with Crippen LogP contribution in [0.25, 0.3) is 16.6 Å². The standard InChI is InChI=1S/C27H26N6O/c1-16-6-19-13-31-33(21-14-30-32(15-21)27-8-18(9-27)10-27)23(19)7-25(16)34-24-5-3-4-22-17(2)20(11-28)12-29-26(22)24/h6-7,12-15,18,24H,3-5,8-10H2,1-2H3/t18?,24-,27?/m0/s1. The van der Waals surface area contributed by atoms with Crippen molar-refractivity contribution in [2.75, 3.05) is 0 Å². The number of benzene rings is 1. The summed E-state index contributed by atoms with van der Waals surface area (Å²) in [5, 5.41) is 19.8. The molecule has 7 nitrogen and oxygen atoms in total. The van der Waals surface area contributed by atoms with Crippen molar-refractivity contribution in [3.05, 3.63) is 64.9 Å². The summed E-state index contributed by atoms with van der Waals surface area (Å²) in [6.07, 6.45) is 14.2. The van der Waals surface area contributed by atoms with Crippen LogP contribution >= 0.6 is 0 Å². The summed E-state index contributed by atoms with van der Waals surface area (Å²) >= 11 is 0. The van der Waals surface area contributed by atoms with Gasteiger partial charge in [-0.3, -0.25) is 9.67 Å². The average molecular weight is 451 g/mol. The van der Waals surface area contributed by atoms with Gasteiger partial charge >= 0.3 is 0 Å². The number of hydrogen-bond donors (Lipinski definition) is 0. The lowest BCUT2D eigenvalue weighted by Crippen LogP contribution is -2.59. The molecule has 4 aromatic rings. The maximum absolute atomic E-state index is 9.39. The molecule has 4 aliphatic carbocycles. The molecule has 1 atom stereocenters. The van der Waals surface area contributed by atoms with Gasteiger partial charge in [0.2, 0.25) is 0 Å². The number of hydrogen-bond acceptors (Lipinski definition) is 5. The maximum atomic E-state index is 9.39. The van der Waals surface area contributed by atoms with Crippen LogP contribution in [0.3, 0.4) is 0 Å². The fourth-order valence-electron chi connectivity index (χ4n) is 6.13. The molecule has 3 fully saturated rings. The van der Waals surface area contributed by atoms with Crippen LogP contribution in [-0.4, -0.2) is 24.5 Å². The van der Waals surface area contributed by atoms with E-state index in [9.17, 15) is 5.26 Å². The molecule has 2 bridgehead atoms. The van der Waals surface area contributed by atoms with Gasteiger partial charge in [-0.2, -0.15) is 15.5 Å². The van der Waals surface area contributed by atoms with E-state index in [1.165, 1.54) is 24.8 Å². The van der Waals surface area contributed by atoms with Crippen molar-refractivity contribution in [3.8, 4) is 17.5 Å². The molecule has 0 spiro atoms. The minimum Gasteiger partial charge on any atom is -0.484 e. The largest absolute Gasteiger partial charge is 0.484 e. The van der Waals surface area contributed by atoms with Crippen LogP contribution < -0.4 is 4.74 Å². The Kier molecular flexibility index (Phi) is 4.03. The number of fused-ring (bicyclic) bond motifs is 2. The normalized spacial score (nSPS) is 24.7. The monoisotopic (exact) mass is 450 g/mol. The smallest absolute Gasteiger partial charge is 0.141 e. The molecule has 170 valence electrons. The summed E-state index contributed by atoms with van der Waals surface area (Å²) < 4.78 is 10.7. The highest BCUT2D eigenvalue weighted by molar-refractivity contribution is 5.83. The van der Waals surface area contributed by atoms with Crippen LogP contribution in [0, 0.1) is 31.1 Å². The summed E-state index contributed by atoms with van der Waals surface area (Å²) in [5.41, 5.74) is 7.16. The van der Waals surface area contributed by atoms with Gasteiger partial charge in [-0.1, -0.05) is 0 Å². The van der Waals surface area contributed by atoms with E-state index in [-0.39, 0.29) is 11.6 Å². The Morgan fingerprint density at radius 3 is 2.74 bits per heavy atom. The van der Waals surface area contributed by atoms with Crippen LogP contribution in [0.1, 0.15) is 66.2 Å². The van der Waals surface area contributed by atoms with Crippen LogP contribution in [-0.2, 0) is 12.0 Å². The minimum absolute atomic E-state index is 0.116. The molecule has 0 aliphatic heterocycles. The zero-order valence-electron chi connectivity index (χ0n) is 19.5. The molecule has 0 unspecified atom stereocenters. The number of aromatic nitrogens is 5. The Morgan fingerprint density at radius 2 is 1.97 bits per heavy atom. The van der Waals surface area contributed by atoms with E-state index in [0.717, 1.165) is 64.3 Å². The Hall–Kier alpha value is -3.66. The van der Waals surface area contributed by atoms with Crippen LogP contribution in [0.15, 0.2) is 36.9 Å². The van der Waals surface area contributed by atoms with Crippen molar-refractivity contribution in [3.63, 3.8) is 0 Å². The van der Waals surface area contributed by atoms with Crippen LogP contribution in [0.2, 0.25) is 0 Å². The lowest BCUT2D eigenvalue weighted by atomic mass is 9.50. The number of nitrogens with zero attached hydrogens (tertiary/aromatic N) is 6. The first-order valence-corrected chi connectivity index (χ1v) is 12.1. The first kappa shape index (κ1) is 19.8. The van der Waals surface area contributed by atoms with Gasteiger partial charge in [0, 0.05) is 17.6 Å². The topological polar surface area (TPSA) is 81.6 Å². The maximum Gasteiger partial charge on any atom is 0.141 e. The van der Waals surface area contributed by atoms with Crippen LogP contribution in [0.5, 0.6) is 5.75 Å². The number of aryl methyl sites for hydroxylation is 1. The summed E-state index contributed by atoms with van der Waals surface area (Å²) in [6, 6.07) is 6.50. The summed E-state index contributed by atoms with van der Waals surface area (Å²) in [4.78, 5) is 4.64. The molecule has 0 amide bonds. The number of nitriles is 1. The molecule has 34 heavy (non-hydrogen) atoms. The van der Waals surface area contributed by atoms with Gasteiger partial charge in [-0.25, -0.2) is 4.68 Å². The van der Waals surface area contributed by atoms with Gasteiger partial charge in [0.1, 0.15) is 23.6 Å². The first-order valence-electron chi connectivity index (χ1n) is 12.1. The number of ether oxygens (including phenoxy) is 1. The predicted molar refractivity (Wildman–Crippen MR) is 127 cm³/mol. The zero-order valence-corrected chi connectivity index (χ0v) is 19.5. The second-order valence-corrected chi connectivity index (χ2v) is 10.3. The van der Waals surface area contributed by atoms with Gasteiger partial charge < -0.3 is 4.74 Å². The van der Waals surface area contributed by atoms with E-state index in [0.29, 0.717) is 5.56 Å². The summed E-state index contributed by atoms with van der Waals surface area (Å²) in [6.45, 7) is 4.10. The van der Waals surface area contributed by atoms with E-state index in [1.807, 2.05) is 24.0 Å². The van der Waals surface area contributed by atoms with Gasteiger partial charge in [-0.15, -0.1) is 0 Å². The molecule has 8 rings (SSSR count). The van der Waals surface area contributed by atoms with Gasteiger partial charge in [-0.05, 0) is 81.0 Å². The Morgan fingerprint density at radius 1 is 1.12 bits per heavy atom. The highest BCUT2D eigenvalue weighted by Gasteiger charge is 2.58. The van der Waals surface area contributed by atoms with E-state index >= 15 is 0 Å². The van der Waals surface area contributed by atoms with Crippen molar-refractivity contribution in [1.82, 2.24) is 24.5 Å². The highest BCUT2D eigenvalue weighted by atomic mass is 16.5. The molecule has 0 saturated heterocycles. The highest BCUT2D eigenvalue weighted by Crippen LogP contribution is 2.62. The third kappa shape index (κ3) is 2.71. The zero-order chi connectivity index (χ0) is 23.0. The first-order chi connectivity index (χ1) is 16.5. The lowest BCUT2D eigenvalue weighted by molar-refractivity contribution is -0.0977. The van der Waals surface area contributed by atoms with E-state index in [4.69, 9.17) is 4.74 Å². The molecule has 7 heteroatoms. The molecular formula is C27H26N6O. The molecule has 3 saturated carbocycles. The van der Waals surface area contributed by atoms with E-state index in [2.05, 4.69) is 51.2 Å². The Bertz CT molecular complexity index is 1490. The molecule has 0 radical (unpaired) electrons. The third-order valence-corrected chi connectivity index (χ3v) is 8.26. The molecule has 0 N–H and O–H groups in total. The minimum atomic E-state index is -0.116. The number of pyridine rings is 1. The molecule has 3 aromatic heterocycles. The van der Waals surface area contributed by atoms with Crippen molar-refractivity contribution in [2.45, 2.75) is 64.0 Å². The quantitative estimate of drug-likeness (QED) is 0.434. The molecule has 1 aromatic carbocycles.